The fourth-order valence-electron chi connectivity index (χ4n) is 2.23. The Morgan fingerprint density at radius 2 is 0.562 bits per heavy atom. The van der Waals surface area contributed by atoms with Gasteiger partial charge in [0.2, 0.25) is 0 Å². The van der Waals surface area contributed by atoms with Gasteiger partial charge in [0.1, 0.15) is 0 Å². The molecule has 0 fully saturated rings. The van der Waals surface area contributed by atoms with E-state index in [0.29, 0.717) is 0 Å². The molecule has 0 heterocycles. The normalized spacial score (nSPS) is 26.0. The molecule has 0 atom stereocenters. The summed E-state index contributed by atoms with van der Waals surface area (Å²) < 4.78 is 0. The van der Waals surface area contributed by atoms with Gasteiger partial charge < -0.3 is 0 Å². The Hall–Kier alpha value is -0.520. The van der Waals surface area contributed by atoms with Crippen LogP contribution in [0.2, 0.25) is 0 Å². The summed E-state index contributed by atoms with van der Waals surface area (Å²) >= 11 is 0. The maximum Gasteiger partial charge on any atom is -0.0351 e. The van der Waals surface area contributed by atoms with E-state index >= 15 is 0 Å². The largest absolute Gasteiger partial charge is 0.0885 e. The van der Waals surface area contributed by atoms with Gasteiger partial charge in [-0.1, -0.05) is 50.0 Å². The van der Waals surface area contributed by atoms with Crippen molar-refractivity contribution in [3.05, 3.63) is 24.3 Å². The van der Waals surface area contributed by atoms with Gasteiger partial charge in [-0.15, -0.1) is 0 Å². The summed E-state index contributed by atoms with van der Waals surface area (Å²) in [5.74, 6) is 0. The molecule has 0 radical (unpaired) electrons. The lowest BCUT2D eigenvalue weighted by molar-refractivity contribution is 0.619. The number of rotatable bonds is 0. The van der Waals surface area contributed by atoms with Crippen molar-refractivity contribution in [1.82, 2.24) is 0 Å². The second kappa shape index (κ2) is 11.0. The minimum absolute atomic E-state index is 1.30. The summed E-state index contributed by atoms with van der Waals surface area (Å²) in [5, 5.41) is 0. The molecule has 0 N–H and O–H groups in total. The van der Waals surface area contributed by atoms with Gasteiger partial charge in [0.25, 0.3) is 0 Å². The van der Waals surface area contributed by atoms with Crippen molar-refractivity contribution in [2.45, 2.75) is 77.0 Å². The van der Waals surface area contributed by atoms with Crippen LogP contribution >= 0.6 is 0 Å². The van der Waals surface area contributed by atoms with Crippen LogP contribution < -0.4 is 0 Å². The highest BCUT2D eigenvalue weighted by atomic mass is 14.0. The summed E-state index contributed by atoms with van der Waals surface area (Å²) in [5.41, 5.74) is 0. The Balaban J connectivity index is 2.14. The van der Waals surface area contributed by atoms with E-state index in [2.05, 4.69) is 24.3 Å². The molecule has 1 rings (SSSR count). The van der Waals surface area contributed by atoms with Gasteiger partial charge in [-0.3, -0.25) is 0 Å². The van der Waals surface area contributed by atoms with E-state index in [9.17, 15) is 0 Å². The molecular formula is C16H28. The van der Waals surface area contributed by atoms with Crippen molar-refractivity contribution >= 4 is 0 Å². The highest BCUT2D eigenvalue weighted by Crippen LogP contribution is 2.10. The van der Waals surface area contributed by atoms with Crippen LogP contribution in [0.1, 0.15) is 77.0 Å². The minimum Gasteiger partial charge on any atom is -0.0885 e. The molecule has 0 bridgehead atoms. The quantitative estimate of drug-likeness (QED) is 0.453. The molecule has 0 amide bonds. The van der Waals surface area contributed by atoms with E-state index in [-0.39, 0.29) is 0 Å². The Kier molecular flexibility index (Phi) is 9.30. The molecule has 0 aromatic carbocycles. The van der Waals surface area contributed by atoms with Gasteiger partial charge >= 0.3 is 0 Å². The van der Waals surface area contributed by atoms with Crippen LogP contribution in [0.4, 0.5) is 0 Å². The predicted octanol–water partition coefficient (Wildman–Crippen LogP) is 5.79. The van der Waals surface area contributed by atoms with Crippen molar-refractivity contribution in [3.8, 4) is 0 Å². The van der Waals surface area contributed by atoms with Gasteiger partial charge in [-0.25, -0.2) is 0 Å². The smallest absolute Gasteiger partial charge is 0.0351 e. The van der Waals surface area contributed by atoms with Crippen LogP contribution in [-0.2, 0) is 0 Å². The lowest BCUT2D eigenvalue weighted by Gasteiger charge is -2.00. The van der Waals surface area contributed by atoms with Gasteiger partial charge in [0, 0.05) is 0 Å². The first kappa shape index (κ1) is 13.5. The molecule has 0 saturated heterocycles. The number of hydrogen-bond acceptors (Lipinski definition) is 0. The van der Waals surface area contributed by atoms with Crippen molar-refractivity contribution in [3.63, 3.8) is 0 Å². The van der Waals surface area contributed by atoms with E-state index in [1.54, 1.807) is 0 Å². The van der Waals surface area contributed by atoms with Gasteiger partial charge in [-0.2, -0.15) is 0 Å². The zero-order valence-corrected chi connectivity index (χ0v) is 10.8. The van der Waals surface area contributed by atoms with Crippen LogP contribution in [0.25, 0.3) is 0 Å². The van der Waals surface area contributed by atoms with E-state index < -0.39 is 0 Å². The zero-order chi connectivity index (χ0) is 11.3. The third kappa shape index (κ3) is 8.76. The first-order valence-electron chi connectivity index (χ1n) is 7.30. The number of hydrogen-bond donors (Lipinski definition) is 0. The second-order valence-electron chi connectivity index (χ2n) is 4.93. The van der Waals surface area contributed by atoms with Crippen molar-refractivity contribution in [1.29, 1.82) is 0 Å². The Morgan fingerprint density at radius 1 is 0.312 bits per heavy atom. The topological polar surface area (TPSA) is 0 Å². The summed E-state index contributed by atoms with van der Waals surface area (Å²) in [7, 11) is 0. The molecule has 1 aliphatic carbocycles. The van der Waals surface area contributed by atoms with Crippen LogP contribution in [-0.4, -0.2) is 0 Å². The average molecular weight is 220 g/mol. The van der Waals surface area contributed by atoms with Crippen molar-refractivity contribution in [2.24, 2.45) is 0 Å². The minimum atomic E-state index is 1.30. The summed E-state index contributed by atoms with van der Waals surface area (Å²) in [4.78, 5) is 0. The zero-order valence-electron chi connectivity index (χ0n) is 10.8. The molecule has 0 aromatic rings. The van der Waals surface area contributed by atoms with E-state index in [0.717, 1.165) is 0 Å². The monoisotopic (exact) mass is 220 g/mol. The SMILES string of the molecule is C1=C\CCCCCCC/C=C/CCCCC/1. The molecule has 0 aromatic heterocycles. The summed E-state index contributed by atoms with van der Waals surface area (Å²) in [6.07, 6.45) is 26.0. The molecule has 16 heavy (non-hydrogen) atoms. The summed E-state index contributed by atoms with van der Waals surface area (Å²) in [6, 6.07) is 0. The highest BCUT2D eigenvalue weighted by molar-refractivity contribution is 4.83. The molecule has 0 saturated carbocycles. The molecular weight excluding hydrogens is 192 g/mol. The fraction of sp³-hybridized carbons (Fsp3) is 0.750. The average Bonchev–Trinajstić information content (AvgIpc) is 2.29. The van der Waals surface area contributed by atoms with Crippen LogP contribution in [0.5, 0.6) is 0 Å². The lowest BCUT2D eigenvalue weighted by Crippen LogP contribution is -1.80. The Labute approximate surface area is 102 Å². The van der Waals surface area contributed by atoms with Gasteiger partial charge in [-0.05, 0) is 51.4 Å². The highest BCUT2D eigenvalue weighted by Gasteiger charge is 1.90. The van der Waals surface area contributed by atoms with Crippen LogP contribution in [0.15, 0.2) is 24.3 Å². The van der Waals surface area contributed by atoms with Gasteiger partial charge in [0.15, 0.2) is 0 Å². The molecule has 1 aliphatic rings. The molecule has 92 valence electrons. The van der Waals surface area contributed by atoms with Crippen LogP contribution in [0.3, 0.4) is 0 Å². The van der Waals surface area contributed by atoms with Gasteiger partial charge in [0.05, 0.1) is 0 Å². The Bertz CT molecular complexity index is 168. The van der Waals surface area contributed by atoms with E-state index in [4.69, 9.17) is 0 Å². The molecule has 0 unspecified atom stereocenters. The number of allylic oxidation sites excluding steroid dienone is 4. The molecule has 0 heteroatoms. The summed E-state index contributed by atoms with van der Waals surface area (Å²) in [6.45, 7) is 0. The van der Waals surface area contributed by atoms with Crippen molar-refractivity contribution in [2.75, 3.05) is 0 Å². The molecule has 0 aliphatic heterocycles. The predicted molar refractivity (Wildman–Crippen MR) is 73.7 cm³/mol. The van der Waals surface area contributed by atoms with Crippen LogP contribution in [0, 0.1) is 0 Å². The van der Waals surface area contributed by atoms with Crippen molar-refractivity contribution < 1.29 is 0 Å². The Morgan fingerprint density at radius 3 is 0.938 bits per heavy atom. The third-order valence-corrected chi connectivity index (χ3v) is 3.32. The maximum atomic E-state index is 2.39. The molecule has 0 nitrogen and oxygen atoms in total. The third-order valence-electron chi connectivity index (χ3n) is 3.32. The second-order valence-corrected chi connectivity index (χ2v) is 4.93. The molecule has 0 spiro atoms. The first-order chi connectivity index (χ1) is 8.00. The lowest BCUT2D eigenvalue weighted by atomic mass is 10.1. The van der Waals surface area contributed by atoms with E-state index in [1.165, 1.54) is 77.0 Å². The fourth-order valence-corrected chi connectivity index (χ4v) is 2.23. The standard InChI is InChI=1S/C16H28/c1-2-4-6-8-10-12-14-16-15-13-11-9-7-5-3-1/h1-2,13,15H,3-12,14,16H2/b2-1-,15-13+. The first-order valence-corrected chi connectivity index (χ1v) is 7.30. The maximum absolute atomic E-state index is 2.39. The van der Waals surface area contributed by atoms with E-state index in [1.807, 2.05) is 0 Å².